The zero-order valence-corrected chi connectivity index (χ0v) is 15.8. The van der Waals surface area contributed by atoms with Crippen molar-refractivity contribution in [2.24, 2.45) is 5.10 Å². The van der Waals surface area contributed by atoms with Crippen LogP contribution in [0.15, 0.2) is 41.5 Å². The van der Waals surface area contributed by atoms with Gasteiger partial charge in [0.1, 0.15) is 0 Å². The van der Waals surface area contributed by atoms with Gasteiger partial charge in [0.05, 0.1) is 38.0 Å². The Morgan fingerprint density at radius 3 is 2.44 bits per heavy atom. The number of benzene rings is 2. The maximum atomic E-state index is 11.2. The molecule has 0 spiro atoms. The molecule has 0 atom stereocenters. The van der Waals surface area contributed by atoms with Crippen LogP contribution in [0.3, 0.4) is 0 Å². The maximum absolute atomic E-state index is 11.2. The summed E-state index contributed by atoms with van der Waals surface area (Å²) in [7, 11) is 3.16. The number of nitrogens with zero attached hydrogens (tertiary/aromatic N) is 2. The van der Waals surface area contributed by atoms with Crippen LogP contribution in [0.5, 0.6) is 17.2 Å². The molecule has 0 fully saturated rings. The minimum atomic E-state index is -0.459. The van der Waals surface area contributed by atoms with Gasteiger partial charge in [0.25, 0.3) is 0 Å². The average molecular weight is 373 g/mol. The molecule has 0 aliphatic carbocycles. The van der Waals surface area contributed by atoms with Gasteiger partial charge >= 0.3 is 5.69 Å². The summed E-state index contributed by atoms with van der Waals surface area (Å²) >= 11 is 0. The number of ether oxygens (including phenoxy) is 3. The minimum absolute atomic E-state index is 0.0798. The fraction of sp³-hybridized carbons (Fsp3) is 0.316. The Kier molecular flexibility index (Phi) is 6.99. The minimum Gasteiger partial charge on any atom is -0.493 e. The summed E-state index contributed by atoms with van der Waals surface area (Å²) in [6.07, 6.45) is 0. The lowest BCUT2D eigenvalue weighted by molar-refractivity contribution is -0.385. The molecule has 0 aromatic heterocycles. The summed E-state index contributed by atoms with van der Waals surface area (Å²) < 4.78 is 15.8. The molecule has 0 radical (unpaired) electrons. The molecule has 0 bridgehead atoms. The zero-order valence-electron chi connectivity index (χ0n) is 15.8. The first-order valence-corrected chi connectivity index (χ1v) is 8.39. The lowest BCUT2D eigenvalue weighted by Gasteiger charge is -2.10. The van der Waals surface area contributed by atoms with Crippen molar-refractivity contribution in [2.45, 2.75) is 20.4 Å². The molecule has 27 heavy (non-hydrogen) atoms. The van der Waals surface area contributed by atoms with Crippen LogP contribution in [0.4, 0.5) is 5.69 Å². The Labute approximate surface area is 157 Å². The molecule has 0 heterocycles. The van der Waals surface area contributed by atoms with Crippen LogP contribution in [0.1, 0.15) is 25.0 Å². The van der Waals surface area contributed by atoms with Crippen LogP contribution in [-0.4, -0.2) is 31.5 Å². The quantitative estimate of drug-likeness (QED) is 0.410. The van der Waals surface area contributed by atoms with E-state index in [0.29, 0.717) is 35.9 Å². The number of rotatable bonds is 9. The molecule has 0 saturated heterocycles. The third kappa shape index (κ3) is 5.10. The second-order valence-corrected chi connectivity index (χ2v) is 5.59. The van der Waals surface area contributed by atoms with Crippen molar-refractivity contribution in [3.05, 3.63) is 57.6 Å². The van der Waals surface area contributed by atoms with Gasteiger partial charge in [-0.1, -0.05) is 6.07 Å². The second kappa shape index (κ2) is 9.42. The van der Waals surface area contributed by atoms with Crippen LogP contribution in [0.2, 0.25) is 0 Å². The number of hydrazone groups is 1. The Morgan fingerprint density at radius 2 is 1.81 bits per heavy atom. The lowest BCUT2D eigenvalue weighted by Crippen LogP contribution is -2.10. The normalized spacial score (nSPS) is 11.0. The van der Waals surface area contributed by atoms with Crippen LogP contribution in [0, 0.1) is 10.1 Å². The average Bonchev–Trinajstić information content (AvgIpc) is 2.68. The standard InChI is InChI=1S/C19H23N3O5/c1-5-27-17-9-7-15(11-16(17)22(23)24)13(2)21-20-12-14-6-8-18(25-3)19(10-14)26-4/h6-11,20H,5,12H2,1-4H3/b21-13+. The van der Waals surface area contributed by atoms with E-state index in [1.54, 1.807) is 40.2 Å². The summed E-state index contributed by atoms with van der Waals surface area (Å²) in [5.74, 6) is 1.54. The van der Waals surface area contributed by atoms with Gasteiger partial charge in [0.15, 0.2) is 17.2 Å². The molecule has 0 aliphatic heterocycles. The molecular weight excluding hydrogens is 350 g/mol. The fourth-order valence-electron chi connectivity index (χ4n) is 2.47. The largest absolute Gasteiger partial charge is 0.493 e. The Bertz CT molecular complexity index is 836. The highest BCUT2D eigenvalue weighted by molar-refractivity contribution is 5.99. The SMILES string of the molecule is CCOc1ccc(/C(C)=N/NCc2ccc(OC)c(OC)c2)cc1[N+](=O)[O-]. The number of nitro groups is 1. The number of hydrogen-bond acceptors (Lipinski definition) is 7. The van der Waals surface area contributed by atoms with Crippen molar-refractivity contribution >= 4 is 11.4 Å². The van der Waals surface area contributed by atoms with E-state index < -0.39 is 4.92 Å². The monoisotopic (exact) mass is 373 g/mol. The molecule has 2 rings (SSSR count). The van der Waals surface area contributed by atoms with Gasteiger partial charge in [0.2, 0.25) is 0 Å². The van der Waals surface area contributed by atoms with Gasteiger partial charge in [-0.25, -0.2) is 0 Å². The second-order valence-electron chi connectivity index (χ2n) is 5.59. The third-order valence-electron chi connectivity index (χ3n) is 3.85. The van der Waals surface area contributed by atoms with E-state index in [-0.39, 0.29) is 11.4 Å². The Balaban J connectivity index is 2.11. The van der Waals surface area contributed by atoms with Crippen molar-refractivity contribution in [3.63, 3.8) is 0 Å². The molecule has 1 N–H and O–H groups in total. The van der Waals surface area contributed by atoms with Crippen molar-refractivity contribution in [1.29, 1.82) is 0 Å². The van der Waals surface area contributed by atoms with Crippen LogP contribution < -0.4 is 19.6 Å². The molecular formula is C19H23N3O5. The fourth-order valence-corrected chi connectivity index (χ4v) is 2.47. The van der Waals surface area contributed by atoms with Gasteiger partial charge in [-0.15, -0.1) is 0 Å². The van der Waals surface area contributed by atoms with E-state index in [0.717, 1.165) is 5.56 Å². The maximum Gasteiger partial charge on any atom is 0.311 e. The predicted molar refractivity (Wildman–Crippen MR) is 103 cm³/mol. The van der Waals surface area contributed by atoms with Crippen molar-refractivity contribution in [1.82, 2.24) is 5.43 Å². The first-order valence-electron chi connectivity index (χ1n) is 8.39. The van der Waals surface area contributed by atoms with Crippen LogP contribution in [0.25, 0.3) is 0 Å². The molecule has 0 aliphatic rings. The topological polar surface area (TPSA) is 95.2 Å². The molecule has 0 amide bonds. The van der Waals surface area contributed by atoms with Crippen molar-refractivity contribution in [2.75, 3.05) is 20.8 Å². The van der Waals surface area contributed by atoms with E-state index in [4.69, 9.17) is 14.2 Å². The highest BCUT2D eigenvalue weighted by Crippen LogP contribution is 2.29. The Hall–Kier alpha value is -3.29. The van der Waals surface area contributed by atoms with Crippen molar-refractivity contribution in [3.8, 4) is 17.2 Å². The first-order chi connectivity index (χ1) is 13.0. The third-order valence-corrected chi connectivity index (χ3v) is 3.85. The summed E-state index contributed by atoms with van der Waals surface area (Å²) in [4.78, 5) is 10.8. The van der Waals surface area contributed by atoms with Crippen LogP contribution >= 0.6 is 0 Å². The molecule has 2 aromatic rings. The Morgan fingerprint density at radius 1 is 1.11 bits per heavy atom. The van der Waals surface area contributed by atoms with Gasteiger partial charge in [-0.05, 0) is 43.7 Å². The number of hydrogen-bond donors (Lipinski definition) is 1. The number of nitro benzene ring substituents is 1. The van der Waals surface area contributed by atoms with Gasteiger partial charge in [0, 0.05) is 11.6 Å². The predicted octanol–water partition coefficient (Wildman–Crippen LogP) is 3.52. The molecule has 144 valence electrons. The summed E-state index contributed by atoms with van der Waals surface area (Å²) in [5.41, 5.74) is 5.12. The molecule has 0 unspecified atom stereocenters. The van der Waals surface area contributed by atoms with Gasteiger partial charge < -0.3 is 19.6 Å². The molecule has 8 nitrogen and oxygen atoms in total. The van der Waals surface area contributed by atoms with E-state index in [2.05, 4.69) is 10.5 Å². The van der Waals surface area contributed by atoms with Crippen LogP contribution in [-0.2, 0) is 6.54 Å². The van der Waals surface area contributed by atoms with Crippen molar-refractivity contribution < 1.29 is 19.1 Å². The zero-order chi connectivity index (χ0) is 19.8. The molecule has 0 saturated carbocycles. The summed E-state index contributed by atoms with van der Waals surface area (Å²) in [5, 5.41) is 15.5. The highest BCUT2D eigenvalue weighted by Gasteiger charge is 2.16. The highest BCUT2D eigenvalue weighted by atomic mass is 16.6. The number of nitrogens with one attached hydrogen (secondary N) is 1. The molecule has 8 heteroatoms. The summed E-state index contributed by atoms with van der Waals surface area (Å²) in [6, 6.07) is 10.4. The van der Waals surface area contributed by atoms with E-state index in [1.807, 2.05) is 18.2 Å². The first kappa shape index (κ1) is 20.0. The number of methoxy groups -OCH3 is 2. The van der Waals surface area contributed by atoms with Gasteiger partial charge in [-0.2, -0.15) is 5.10 Å². The summed E-state index contributed by atoms with van der Waals surface area (Å²) in [6.45, 7) is 4.39. The molecule has 2 aromatic carbocycles. The lowest BCUT2D eigenvalue weighted by atomic mass is 10.1. The van der Waals surface area contributed by atoms with Gasteiger partial charge in [-0.3, -0.25) is 10.1 Å². The smallest absolute Gasteiger partial charge is 0.311 e. The van der Waals surface area contributed by atoms with E-state index in [9.17, 15) is 10.1 Å². The van der Waals surface area contributed by atoms with E-state index >= 15 is 0 Å². The van der Waals surface area contributed by atoms with E-state index in [1.165, 1.54) is 6.07 Å².